The van der Waals surface area contributed by atoms with E-state index in [0.29, 0.717) is 0 Å². The average molecular weight is 259 g/mol. The predicted octanol–water partition coefficient (Wildman–Crippen LogP) is 1.35. The Balaban J connectivity index is 2.17. The van der Waals surface area contributed by atoms with Crippen molar-refractivity contribution < 1.29 is 4.74 Å². The molecule has 0 N–H and O–H groups in total. The zero-order valence-electron chi connectivity index (χ0n) is 8.55. The first-order chi connectivity index (χ1) is 7.38. The Morgan fingerprint density at radius 2 is 1.60 bits per heavy atom. The molecule has 2 aromatic rings. The second-order valence-corrected chi connectivity index (χ2v) is 5.78. The molecule has 0 fully saturated rings. The molecule has 1 radical (unpaired) electrons. The quantitative estimate of drug-likeness (QED) is 0.756. The van der Waals surface area contributed by atoms with Gasteiger partial charge in [0, 0.05) is 0 Å². The molecule has 0 aromatic heterocycles. The molecule has 2 heteroatoms. The molecular formula is C13H12AsO. The van der Waals surface area contributed by atoms with Gasteiger partial charge in [0.2, 0.25) is 0 Å². The summed E-state index contributed by atoms with van der Waals surface area (Å²) in [6, 6.07) is 18.9. The van der Waals surface area contributed by atoms with Crippen molar-refractivity contribution in [3.8, 4) is 5.75 Å². The minimum absolute atomic E-state index is 0.0781. The van der Waals surface area contributed by atoms with E-state index in [2.05, 4.69) is 42.5 Å². The molecule has 0 aliphatic rings. The Morgan fingerprint density at radius 3 is 2.33 bits per heavy atom. The van der Waals surface area contributed by atoms with Crippen molar-refractivity contribution in [3.63, 3.8) is 0 Å². The van der Waals surface area contributed by atoms with Crippen LogP contribution in [-0.4, -0.2) is 22.9 Å². The molecule has 0 bridgehead atoms. The van der Waals surface area contributed by atoms with Crippen molar-refractivity contribution in [2.45, 2.75) is 0 Å². The summed E-state index contributed by atoms with van der Waals surface area (Å²) in [4.78, 5) is 0. The molecule has 2 rings (SSSR count). The number of benzene rings is 2. The van der Waals surface area contributed by atoms with Crippen molar-refractivity contribution in [2.75, 3.05) is 7.11 Å². The molecule has 15 heavy (non-hydrogen) atoms. The predicted molar refractivity (Wildman–Crippen MR) is 64.5 cm³/mol. The molecule has 0 spiro atoms. The van der Waals surface area contributed by atoms with Gasteiger partial charge in [0.25, 0.3) is 0 Å². The van der Waals surface area contributed by atoms with Crippen LogP contribution in [0.4, 0.5) is 0 Å². The summed E-state index contributed by atoms with van der Waals surface area (Å²) in [6.45, 7) is 0. The monoisotopic (exact) mass is 259 g/mol. The molecule has 2 aromatic carbocycles. The molecule has 0 saturated carbocycles. The normalized spacial score (nSPS) is 10.7. The third-order valence-corrected chi connectivity index (χ3v) is 4.36. The van der Waals surface area contributed by atoms with Gasteiger partial charge in [-0.05, 0) is 0 Å². The van der Waals surface area contributed by atoms with E-state index in [0.717, 1.165) is 5.75 Å². The zero-order valence-corrected chi connectivity index (χ0v) is 10.4. The third-order valence-electron chi connectivity index (χ3n) is 2.07. The second kappa shape index (κ2) is 5.04. The van der Waals surface area contributed by atoms with Gasteiger partial charge < -0.3 is 0 Å². The van der Waals surface area contributed by atoms with Gasteiger partial charge in [0.1, 0.15) is 0 Å². The number of rotatable bonds is 3. The Labute approximate surface area is 96.8 Å². The molecule has 0 unspecified atom stereocenters. The van der Waals surface area contributed by atoms with Gasteiger partial charge in [-0.2, -0.15) is 0 Å². The van der Waals surface area contributed by atoms with Gasteiger partial charge in [0.05, 0.1) is 0 Å². The van der Waals surface area contributed by atoms with Crippen LogP contribution in [0.25, 0.3) is 0 Å². The van der Waals surface area contributed by atoms with E-state index in [9.17, 15) is 0 Å². The van der Waals surface area contributed by atoms with E-state index in [-0.39, 0.29) is 15.8 Å². The summed E-state index contributed by atoms with van der Waals surface area (Å²) >= 11 is 0.0781. The van der Waals surface area contributed by atoms with Crippen LogP contribution in [-0.2, 0) is 0 Å². The maximum atomic E-state index is 5.21. The number of methoxy groups -OCH3 is 1. The minimum atomic E-state index is 0.0781. The molecule has 0 aliphatic carbocycles. The Hall–Kier alpha value is -1.20. The van der Waals surface area contributed by atoms with E-state index in [1.165, 1.54) is 8.70 Å². The average Bonchev–Trinajstić information content (AvgIpc) is 2.31. The van der Waals surface area contributed by atoms with Gasteiger partial charge in [-0.3, -0.25) is 0 Å². The van der Waals surface area contributed by atoms with Crippen LogP contribution >= 0.6 is 0 Å². The molecule has 1 nitrogen and oxygen atoms in total. The molecule has 75 valence electrons. The van der Waals surface area contributed by atoms with E-state index < -0.39 is 0 Å². The Morgan fingerprint density at radius 1 is 0.867 bits per heavy atom. The number of hydrogen-bond acceptors (Lipinski definition) is 1. The van der Waals surface area contributed by atoms with Gasteiger partial charge in [-0.1, -0.05) is 0 Å². The summed E-state index contributed by atoms with van der Waals surface area (Å²) in [5.41, 5.74) is 0. The van der Waals surface area contributed by atoms with E-state index in [4.69, 9.17) is 4.74 Å². The summed E-state index contributed by atoms with van der Waals surface area (Å²) in [5.74, 6) is 0.943. The van der Waals surface area contributed by atoms with E-state index in [1.807, 2.05) is 12.1 Å². The fourth-order valence-corrected chi connectivity index (χ4v) is 3.37. The number of ether oxygens (including phenoxy) is 1. The van der Waals surface area contributed by atoms with Gasteiger partial charge in [-0.25, -0.2) is 0 Å². The van der Waals surface area contributed by atoms with E-state index in [1.54, 1.807) is 7.11 Å². The summed E-state index contributed by atoms with van der Waals surface area (Å²) in [6.07, 6.45) is 0. The summed E-state index contributed by atoms with van der Waals surface area (Å²) < 4.78 is 8.00. The Bertz CT molecular complexity index is 426. The van der Waals surface area contributed by atoms with Crippen LogP contribution in [0.15, 0.2) is 54.6 Å². The van der Waals surface area contributed by atoms with E-state index >= 15 is 0 Å². The van der Waals surface area contributed by atoms with Crippen molar-refractivity contribution >= 4 is 24.5 Å². The molecule has 0 aliphatic heterocycles. The first-order valence-corrected chi connectivity index (χ1v) is 6.67. The maximum absolute atomic E-state index is 5.21. The first-order valence-electron chi connectivity index (χ1n) is 4.79. The first kappa shape index (κ1) is 10.3. The zero-order chi connectivity index (χ0) is 10.5. The van der Waals surface area contributed by atoms with Crippen LogP contribution < -0.4 is 13.4 Å². The molecular weight excluding hydrogens is 247 g/mol. The molecule has 0 saturated heterocycles. The standard InChI is InChI=1S/C13H12AsO/c1-15-13-9-5-8-12(10-13)14-11-6-3-2-4-7-11/h2-10H,1H3. The SMILES string of the molecule is COc1cccc([As]c2ccccc2)c1. The molecule has 0 atom stereocenters. The molecule has 0 heterocycles. The van der Waals surface area contributed by atoms with Gasteiger partial charge >= 0.3 is 96.6 Å². The summed E-state index contributed by atoms with van der Waals surface area (Å²) in [7, 11) is 1.71. The Kier molecular flexibility index (Phi) is 3.47. The van der Waals surface area contributed by atoms with Crippen molar-refractivity contribution in [1.82, 2.24) is 0 Å². The topological polar surface area (TPSA) is 9.23 Å². The van der Waals surface area contributed by atoms with Crippen LogP contribution in [0.5, 0.6) is 5.75 Å². The van der Waals surface area contributed by atoms with Crippen molar-refractivity contribution in [3.05, 3.63) is 54.6 Å². The fraction of sp³-hybridized carbons (Fsp3) is 0.0769. The summed E-state index contributed by atoms with van der Waals surface area (Å²) in [5, 5.41) is 0. The fourth-order valence-electron chi connectivity index (χ4n) is 1.33. The molecule has 0 amide bonds. The van der Waals surface area contributed by atoms with Crippen LogP contribution in [0.1, 0.15) is 0 Å². The van der Waals surface area contributed by atoms with Crippen molar-refractivity contribution in [1.29, 1.82) is 0 Å². The number of hydrogen-bond donors (Lipinski definition) is 0. The third kappa shape index (κ3) is 2.87. The van der Waals surface area contributed by atoms with Gasteiger partial charge in [-0.15, -0.1) is 0 Å². The van der Waals surface area contributed by atoms with Crippen LogP contribution in [0, 0.1) is 0 Å². The van der Waals surface area contributed by atoms with Gasteiger partial charge in [0.15, 0.2) is 0 Å². The van der Waals surface area contributed by atoms with Crippen molar-refractivity contribution in [2.24, 2.45) is 0 Å². The van der Waals surface area contributed by atoms with Crippen LogP contribution in [0.2, 0.25) is 0 Å². The second-order valence-electron chi connectivity index (χ2n) is 3.15. The van der Waals surface area contributed by atoms with Crippen LogP contribution in [0.3, 0.4) is 0 Å².